The van der Waals surface area contributed by atoms with Crippen LogP contribution in [0.15, 0.2) is 23.0 Å². The van der Waals surface area contributed by atoms with Gasteiger partial charge in [0.05, 0.1) is 7.11 Å². The van der Waals surface area contributed by atoms with Gasteiger partial charge in [0.2, 0.25) is 0 Å². The van der Waals surface area contributed by atoms with Gasteiger partial charge in [-0.1, -0.05) is 5.21 Å². The van der Waals surface area contributed by atoms with Crippen molar-refractivity contribution in [3.8, 4) is 17.0 Å². The number of halogens is 1. The molecule has 0 unspecified atom stereocenters. The molecule has 0 aliphatic carbocycles. The molecule has 0 radical (unpaired) electrons. The molecule has 0 aliphatic heterocycles. The second kappa shape index (κ2) is 4.39. The zero-order valence-corrected chi connectivity index (χ0v) is 10.5. The lowest BCUT2D eigenvalue weighted by molar-refractivity contribution is 0.386. The minimum absolute atomic E-state index is 0.146. The van der Waals surface area contributed by atoms with Crippen molar-refractivity contribution in [3.63, 3.8) is 0 Å². The fraction of sp³-hybridized carbons (Fsp3) is 0.0909. The summed E-state index contributed by atoms with van der Waals surface area (Å²) >= 11 is 1.00. The number of methoxy groups -OCH3 is 1. The van der Waals surface area contributed by atoms with Crippen LogP contribution in [0.2, 0.25) is 0 Å². The van der Waals surface area contributed by atoms with Gasteiger partial charge in [-0.25, -0.2) is 9.49 Å². The van der Waals surface area contributed by atoms with Gasteiger partial charge in [-0.15, -0.1) is 5.10 Å². The average Bonchev–Trinajstić information content (AvgIpc) is 2.84. The van der Waals surface area contributed by atoms with Crippen LogP contribution in [0.25, 0.3) is 21.5 Å². The normalized spacial score (nSPS) is 10.8. The Bertz CT molecular complexity index is 814. The Morgan fingerprint density at radius 1 is 1.42 bits per heavy atom. The van der Waals surface area contributed by atoms with Crippen LogP contribution < -0.4 is 10.3 Å². The molecule has 8 heteroatoms. The number of hydrogen-bond donors (Lipinski definition) is 1. The molecule has 0 aliphatic rings. The Kier molecular flexibility index (Phi) is 2.71. The Morgan fingerprint density at radius 2 is 2.26 bits per heavy atom. The molecular formula is C11H7FN4O2S. The number of nitrogens with one attached hydrogen (secondary N) is 1. The van der Waals surface area contributed by atoms with Crippen LogP contribution in [0.4, 0.5) is 4.39 Å². The van der Waals surface area contributed by atoms with E-state index >= 15 is 0 Å². The fourth-order valence-corrected chi connectivity index (χ4v) is 2.43. The monoisotopic (exact) mass is 278 g/mol. The lowest BCUT2D eigenvalue weighted by Crippen LogP contribution is -2.07. The van der Waals surface area contributed by atoms with Crippen molar-refractivity contribution in [2.45, 2.75) is 0 Å². The molecule has 0 fully saturated rings. The van der Waals surface area contributed by atoms with Gasteiger partial charge in [-0.2, -0.15) is 4.37 Å². The van der Waals surface area contributed by atoms with E-state index in [2.05, 4.69) is 19.8 Å². The number of aromatic nitrogens is 4. The Hall–Kier alpha value is -2.35. The van der Waals surface area contributed by atoms with Crippen molar-refractivity contribution in [1.82, 2.24) is 19.8 Å². The standard InChI is InChI=1S/C11H7FN4O2S/c1-18-7-3-2-5(4-6(7)12)8-9-10(19-15-8)11(17)14-16-13-9/h2-4H,1H3,(H,13,14,17). The highest BCUT2D eigenvalue weighted by Crippen LogP contribution is 2.29. The lowest BCUT2D eigenvalue weighted by Gasteiger charge is -2.03. The van der Waals surface area contributed by atoms with Crippen LogP contribution in [-0.4, -0.2) is 26.9 Å². The van der Waals surface area contributed by atoms with Crippen molar-refractivity contribution in [2.24, 2.45) is 0 Å². The van der Waals surface area contributed by atoms with Crippen LogP contribution in [-0.2, 0) is 0 Å². The summed E-state index contributed by atoms with van der Waals surface area (Å²) in [6.45, 7) is 0. The maximum atomic E-state index is 13.7. The number of rotatable bonds is 2. The van der Waals surface area contributed by atoms with Crippen molar-refractivity contribution in [2.75, 3.05) is 7.11 Å². The van der Waals surface area contributed by atoms with E-state index in [1.807, 2.05) is 0 Å². The number of H-pyrrole nitrogens is 1. The van der Waals surface area contributed by atoms with E-state index in [1.54, 1.807) is 6.07 Å². The summed E-state index contributed by atoms with van der Waals surface area (Å²) in [5.74, 6) is -0.355. The van der Waals surface area contributed by atoms with Crippen LogP contribution in [0.3, 0.4) is 0 Å². The van der Waals surface area contributed by atoms with Crippen molar-refractivity contribution in [3.05, 3.63) is 34.4 Å². The van der Waals surface area contributed by atoms with E-state index in [-0.39, 0.29) is 11.3 Å². The number of benzene rings is 1. The predicted octanol–water partition coefficient (Wildman–Crippen LogP) is 1.59. The molecule has 1 N–H and O–H groups in total. The smallest absolute Gasteiger partial charge is 0.286 e. The third-order valence-corrected chi connectivity index (χ3v) is 3.44. The summed E-state index contributed by atoms with van der Waals surface area (Å²) in [5, 5.41) is 9.56. The first-order chi connectivity index (χ1) is 9.20. The second-order valence-electron chi connectivity index (χ2n) is 3.70. The second-order valence-corrected chi connectivity index (χ2v) is 4.47. The first kappa shape index (κ1) is 11.7. The van der Waals surface area contributed by atoms with Crippen molar-refractivity contribution < 1.29 is 9.13 Å². The highest BCUT2D eigenvalue weighted by Gasteiger charge is 2.14. The van der Waals surface area contributed by atoms with Crippen molar-refractivity contribution in [1.29, 1.82) is 0 Å². The van der Waals surface area contributed by atoms with Gasteiger partial charge in [0, 0.05) is 5.56 Å². The highest BCUT2D eigenvalue weighted by molar-refractivity contribution is 7.13. The molecule has 3 aromatic rings. The molecule has 0 amide bonds. The van der Waals surface area contributed by atoms with Gasteiger partial charge in [0.25, 0.3) is 5.56 Å². The van der Waals surface area contributed by atoms with E-state index in [0.29, 0.717) is 21.5 Å². The highest BCUT2D eigenvalue weighted by atomic mass is 32.1. The van der Waals surface area contributed by atoms with E-state index in [1.165, 1.54) is 19.2 Å². The lowest BCUT2D eigenvalue weighted by atomic mass is 10.1. The molecule has 0 spiro atoms. The van der Waals surface area contributed by atoms with E-state index < -0.39 is 5.82 Å². The third-order valence-electron chi connectivity index (χ3n) is 2.60. The summed E-state index contributed by atoms with van der Waals surface area (Å²) in [6.07, 6.45) is 0. The number of aromatic amines is 1. The summed E-state index contributed by atoms with van der Waals surface area (Å²) in [6, 6.07) is 4.44. The number of nitrogens with zero attached hydrogens (tertiary/aromatic N) is 3. The van der Waals surface area contributed by atoms with E-state index in [0.717, 1.165) is 11.5 Å². The first-order valence-corrected chi connectivity index (χ1v) is 6.02. The molecule has 0 saturated carbocycles. The molecule has 0 bridgehead atoms. The quantitative estimate of drug-likeness (QED) is 0.770. The average molecular weight is 278 g/mol. The molecule has 96 valence electrons. The summed E-state index contributed by atoms with van der Waals surface area (Å²) in [4.78, 5) is 11.5. The van der Waals surface area contributed by atoms with Crippen LogP contribution in [0, 0.1) is 5.82 Å². The fourth-order valence-electron chi connectivity index (χ4n) is 1.70. The molecule has 2 aromatic heterocycles. The largest absolute Gasteiger partial charge is 0.494 e. The Labute approximate surface area is 110 Å². The maximum absolute atomic E-state index is 13.7. The summed E-state index contributed by atoms with van der Waals surface area (Å²) in [7, 11) is 1.39. The zero-order valence-electron chi connectivity index (χ0n) is 9.68. The van der Waals surface area contributed by atoms with E-state index in [9.17, 15) is 9.18 Å². The molecule has 0 atom stereocenters. The summed E-state index contributed by atoms with van der Waals surface area (Å²) < 4.78 is 23.0. The zero-order chi connectivity index (χ0) is 13.4. The Balaban J connectivity index is 2.22. The SMILES string of the molecule is COc1ccc(-c2nsc3c(=O)[nH]nnc23)cc1F. The molecule has 6 nitrogen and oxygen atoms in total. The number of ether oxygens (including phenoxy) is 1. The van der Waals surface area contributed by atoms with Crippen molar-refractivity contribution >= 4 is 21.7 Å². The number of fused-ring (bicyclic) bond motifs is 1. The first-order valence-electron chi connectivity index (χ1n) is 5.25. The van der Waals surface area contributed by atoms with Crippen LogP contribution in [0.1, 0.15) is 0 Å². The topological polar surface area (TPSA) is 80.8 Å². The van der Waals surface area contributed by atoms with Gasteiger partial charge in [-0.3, -0.25) is 4.79 Å². The van der Waals surface area contributed by atoms with Crippen LogP contribution in [0.5, 0.6) is 5.75 Å². The minimum atomic E-state index is -0.501. The molecule has 0 saturated heterocycles. The molecule has 2 heterocycles. The van der Waals surface area contributed by atoms with Gasteiger partial charge in [-0.05, 0) is 29.7 Å². The molecule has 1 aromatic carbocycles. The van der Waals surface area contributed by atoms with Gasteiger partial charge >= 0.3 is 0 Å². The molecule has 19 heavy (non-hydrogen) atoms. The minimum Gasteiger partial charge on any atom is -0.494 e. The van der Waals surface area contributed by atoms with E-state index in [4.69, 9.17) is 4.74 Å². The Morgan fingerprint density at radius 3 is 3.00 bits per heavy atom. The third kappa shape index (κ3) is 1.85. The molecular weight excluding hydrogens is 271 g/mol. The maximum Gasteiger partial charge on any atom is 0.286 e. The van der Waals surface area contributed by atoms with Gasteiger partial charge < -0.3 is 4.74 Å². The number of hydrogen-bond acceptors (Lipinski definition) is 6. The van der Waals surface area contributed by atoms with Gasteiger partial charge in [0.1, 0.15) is 15.9 Å². The summed E-state index contributed by atoms with van der Waals surface area (Å²) in [5.41, 5.74) is 0.950. The van der Waals surface area contributed by atoms with Gasteiger partial charge in [0.15, 0.2) is 11.6 Å². The predicted molar refractivity (Wildman–Crippen MR) is 67.8 cm³/mol. The van der Waals surface area contributed by atoms with Crippen LogP contribution >= 0.6 is 11.5 Å². The molecule has 3 rings (SSSR count).